The molecule has 2 aromatic rings. The number of thioether (sulfide) groups is 1. The van der Waals surface area contributed by atoms with Gasteiger partial charge in [-0.05, 0) is 31.2 Å². The fourth-order valence-corrected chi connectivity index (χ4v) is 3.80. The summed E-state index contributed by atoms with van der Waals surface area (Å²) in [6.07, 6.45) is 1.81. The molecule has 3 rings (SSSR count). The van der Waals surface area contributed by atoms with Gasteiger partial charge in [-0.25, -0.2) is 0 Å². The number of hydrogen-bond acceptors (Lipinski definition) is 5. The Morgan fingerprint density at radius 3 is 2.52 bits per heavy atom. The van der Waals surface area contributed by atoms with Crippen LogP contribution in [0.1, 0.15) is 12.5 Å². The zero-order valence-corrected chi connectivity index (χ0v) is 15.5. The fourth-order valence-electron chi connectivity index (χ4n) is 2.52. The first-order chi connectivity index (χ1) is 12.2. The van der Waals surface area contributed by atoms with Crippen LogP contribution < -0.4 is 14.4 Å². The van der Waals surface area contributed by atoms with Crippen LogP contribution in [0, 0.1) is 0 Å². The van der Waals surface area contributed by atoms with Crippen LogP contribution in [0.15, 0.2) is 53.4 Å². The third-order valence-corrected chi connectivity index (χ3v) is 4.93. The van der Waals surface area contributed by atoms with Crippen molar-refractivity contribution in [1.29, 1.82) is 0 Å². The molecule has 4 nitrogen and oxygen atoms in total. The van der Waals surface area contributed by atoms with Crippen LogP contribution >= 0.6 is 24.0 Å². The number of thiocarbonyl (C=S) groups is 1. The Morgan fingerprint density at radius 1 is 1.12 bits per heavy atom. The van der Waals surface area contributed by atoms with Crippen molar-refractivity contribution in [3.8, 4) is 11.5 Å². The van der Waals surface area contributed by atoms with E-state index in [1.165, 1.54) is 16.7 Å². The molecule has 25 heavy (non-hydrogen) atoms. The average Bonchev–Trinajstić information content (AvgIpc) is 2.90. The molecule has 128 valence electrons. The fraction of sp³-hybridized carbons (Fsp3) is 0.158. The summed E-state index contributed by atoms with van der Waals surface area (Å²) in [5.74, 6) is 1.19. The minimum absolute atomic E-state index is 0.159. The summed E-state index contributed by atoms with van der Waals surface area (Å²) < 4.78 is 11.5. The van der Waals surface area contributed by atoms with Gasteiger partial charge < -0.3 is 9.47 Å². The van der Waals surface area contributed by atoms with Crippen molar-refractivity contribution in [3.05, 3.63) is 59.0 Å². The summed E-state index contributed by atoms with van der Waals surface area (Å²) in [4.78, 5) is 15.0. The molecule has 0 atom stereocenters. The number of nitrogens with zero attached hydrogens (tertiary/aromatic N) is 1. The Labute approximate surface area is 156 Å². The number of carbonyl (C=O) groups is 1. The zero-order chi connectivity index (χ0) is 17.8. The third-order valence-electron chi connectivity index (χ3n) is 3.63. The highest BCUT2D eigenvalue weighted by Crippen LogP contribution is 2.40. The lowest BCUT2D eigenvalue weighted by Crippen LogP contribution is -2.28. The highest BCUT2D eigenvalue weighted by atomic mass is 32.2. The molecular formula is C19H17NO3S2. The van der Waals surface area contributed by atoms with Crippen molar-refractivity contribution in [2.45, 2.75) is 6.92 Å². The van der Waals surface area contributed by atoms with E-state index in [2.05, 4.69) is 0 Å². The Bertz CT molecular complexity index is 848. The second kappa shape index (κ2) is 7.72. The monoisotopic (exact) mass is 371 g/mol. The molecular weight excluding hydrogens is 354 g/mol. The second-order valence-corrected chi connectivity index (χ2v) is 6.84. The molecule has 1 saturated heterocycles. The minimum Gasteiger partial charge on any atom is -0.496 e. The molecule has 0 radical (unpaired) electrons. The van der Waals surface area contributed by atoms with E-state index in [0.29, 0.717) is 33.0 Å². The van der Waals surface area contributed by atoms with Crippen molar-refractivity contribution in [3.63, 3.8) is 0 Å². The quantitative estimate of drug-likeness (QED) is 0.572. The second-order valence-electron chi connectivity index (χ2n) is 5.16. The number of anilines is 1. The number of hydrogen-bond donors (Lipinski definition) is 0. The lowest BCUT2D eigenvalue weighted by Gasteiger charge is -2.18. The van der Waals surface area contributed by atoms with Gasteiger partial charge >= 0.3 is 0 Å². The van der Waals surface area contributed by atoms with Crippen LogP contribution in [0.2, 0.25) is 0 Å². The van der Waals surface area contributed by atoms with Crippen molar-refractivity contribution < 1.29 is 14.3 Å². The molecule has 0 spiro atoms. The summed E-state index contributed by atoms with van der Waals surface area (Å²) in [6.45, 7) is 2.42. The Morgan fingerprint density at radius 2 is 1.80 bits per heavy atom. The first kappa shape index (κ1) is 17.5. The standard InChI is InChI=1S/C19H17NO3S2/c1-3-23-16-11-7-5-9-14(16)20-18(21)17(25-19(20)24)12-13-8-4-6-10-15(13)22-2/h4-12H,3H2,1-2H3/b17-12+. The van der Waals surface area contributed by atoms with Gasteiger partial charge in [0, 0.05) is 5.56 Å². The number of ether oxygens (including phenoxy) is 2. The van der Waals surface area contributed by atoms with Gasteiger partial charge in [0.2, 0.25) is 0 Å². The molecule has 0 saturated carbocycles. The Kier molecular flexibility index (Phi) is 5.40. The van der Waals surface area contributed by atoms with E-state index in [1.54, 1.807) is 13.2 Å². The number of benzene rings is 2. The van der Waals surface area contributed by atoms with Gasteiger partial charge in [-0.1, -0.05) is 54.3 Å². The van der Waals surface area contributed by atoms with Gasteiger partial charge in [0.05, 0.1) is 24.3 Å². The molecule has 0 unspecified atom stereocenters. The number of methoxy groups -OCH3 is 1. The van der Waals surface area contributed by atoms with Gasteiger partial charge in [0.15, 0.2) is 4.32 Å². The highest BCUT2D eigenvalue weighted by molar-refractivity contribution is 8.27. The smallest absolute Gasteiger partial charge is 0.270 e. The molecule has 1 fully saturated rings. The van der Waals surface area contributed by atoms with E-state index in [4.69, 9.17) is 21.7 Å². The number of carbonyl (C=O) groups excluding carboxylic acids is 1. The van der Waals surface area contributed by atoms with E-state index >= 15 is 0 Å². The van der Waals surface area contributed by atoms with Crippen LogP contribution in [0.5, 0.6) is 11.5 Å². The molecule has 6 heteroatoms. The molecule has 0 bridgehead atoms. The zero-order valence-electron chi connectivity index (χ0n) is 13.9. The maximum absolute atomic E-state index is 12.9. The number of rotatable bonds is 5. The summed E-state index contributed by atoms with van der Waals surface area (Å²) in [7, 11) is 1.61. The molecule has 0 aromatic heterocycles. The predicted octanol–water partition coefficient (Wildman–Crippen LogP) is 4.50. The van der Waals surface area contributed by atoms with E-state index in [0.717, 1.165) is 5.56 Å². The van der Waals surface area contributed by atoms with Crippen LogP contribution in [-0.2, 0) is 4.79 Å². The third kappa shape index (κ3) is 3.55. The van der Waals surface area contributed by atoms with E-state index in [9.17, 15) is 4.79 Å². The van der Waals surface area contributed by atoms with E-state index in [1.807, 2.05) is 55.5 Å². The number of para-hydroxylation sites is 3. The van der Waals surface area contributed by atoms with E-state index < -0.39 is 0 Å². The Balaban J connectivity index is 1.97. The van der Waals surface area contributed by atoms with Gasteiger partial charge in [0.1, 0.15) is 11.5 Å². The summed E-state index contributed by atoms with van der Waals surface area (Å²) in [5, 5.41) is 0. The number of amides is 1. The Hall–Kier alpha value is -2.31. The lowest BCUT2D eigenvalue weighted by molar-refractivity contribution is -0.113. The van der Waals surface area contributed by atoms with Crippen molar-refractivity contribution in [1.82, 2.24) is 0 Å². The van der Waals surface area contributed by atoms with Crippen LogP contribution in [-0.4, -0.2) is 23.9 Å². The molecule has 2 aromatic carbocycles. The van der Waals surface area contributed by atoms with Crippen molar-refractivity contribution >= 4 is 46.0 Å². The molecule has 1 amide bonds. The topological polar surface area (TPSA) is 38.8 Å². The maximum atomic E-state index is 12.9. The predicted molar refractivity (Wildman–Crippen MR) is 106 cm³/mol. The lowest BCUT2D eigenvalue weighted by atomic mass is 10.2. The molecule has 1 heterocycles. The molecule has 0 N–H and O–H groups in total. The summed E-state index contributed by atoms with van der Waals surface area (Å²) in [5.41, 5.74) is 1.50. The van der Waals surface area contributed by atoms with Gasteiger partial charge in [-0.15, -0.1) is 0 Å². The first-order valence-electron chi connectivity index (χ1n) is 7.78. The van der Waals surface area contributed by atoms with Crippen LogP contribution in [0.4, 0.5) is 5.69 Å². The van der Waals surface area contributed by atoms with Gasteiger partial charge in [-0.3, -0.25) is 9.69 Å². The normalized spacial score (nSPS) is 15.8. The van der Waals surface area contributed by atoms with Gasteiger partial charge in [0.25, 0.3) is 5.91 Å². The average molecular weight is 371 g/mol. The van der Waals surface area contributed by atoms with Gasteiger partial charge in [-0.2, -0.15) is 0 Å². The van der Waals surface area contributed by atoms with Crippen molar-refractivity contribution in [2.75, 3.05) is 18.6 Å². The summed E-state index contributed by atoms with van der Waals surface area (Å²) >= 11 is 6.71. The van der Waals surface area contributed by atoms with Crippen molar-refractivity contribution in [2.24, 2.45) is 0 Å². The first-order valence-corrected chi connectivity index (χ1v) is 9.01. The van der Waals surface area contributed by atoms with E-state index in [-0.39, 0.29) is 5.91 Å². The SMILES string of the molecule is CCOc1ccccc1N1C(=O)/C(=C\c2ccccc2OC)SC1=S. The largest absolute Gasteiger partial charge is 0.496 e. The highest BCUT2D eigenvalue weighted by Gasteiger charge is 2.35. The minimum atomic E-state index is -0.159. The maximum Gasteiger partial charge on any atom is 0.270 e. The molecule has 1 aliphatic rings. The molecule has 0 aliphatic carbocycles. The van der Waals surface area contributed by atoms with Crippen LogP contribution in [0.3, 0.4) is 0 Å². The van der Waals surface area contributed by atoms with Crippen LogP contribution in [0.25, 0.3) is 6.08 Å². The summed E-state index contributed by atoms with van der Waals surface area (Å²) in [6, 6.07) is 15.0. The molecule has 1 aliphatic heterocycles.